The van der Waals surface area contributed by atoms with Crippen molar-refractivity contribution in [1.82, 2.24) is 4.90 Å². The van der Waals surface area contributed by atoms with Crippen molar-refractivity contribution in [2.45, 2.75) is 13.5 Å². The molecule has 88 valence electrons. The first-order valence-corrected chi connectivity index (χ1v) is 6.92. The average Bonchev–Trinajstić information content (AvgIpc) is 2.75. The third kappa shape index (κ3) is 2.47. The van der Waals surface area contributed by atoms with Gasteiger partial charge >= 0.3 is 5.97 Å². The number of hydrogen-bond donors (Lipinski definition) is 1. The molecule has 1 aromatic heterocycles. The van der Waals surface area contributed by atoms with E-state index < -0.39 is 5.97 Å². The molecule has 2 atom stereocenters. The van der Waals surface area contributed by atoms with Crippen molar-refractivity contribution in [3.63, 3.8) is 0 Å². The summed E-state index contributed by atoms with van der Waals surface area (Å²) in [6.07, 6.45) is 0. The van der Waals surface area contributed by atoms with Gasteiger partial charge in [-0.3, -0.25) is 9.69 Å². The predicted octanol–water partition coefficient (Wildman–Crippen LogP) is 2.66. The van der Waals surface area contributed by atoms with Gasteiger partial charge in [-0.05, 0) is 33.3 Å². The first-order valence-electron chi connectivity index (χ1n) is 5.25. The van der Waals surface area contributed by atoms with Crippen LogP contribution in [0.15, 0.2) is 15.9 Å². The molecule has 16 heavy (non-hydrogen) atoms. The van der Waals surface area contributed by atoms with Crippen LogP contribution in [0.3, 0.4) is 0 Å². The monoisotopic (exact) mass is 303 g/mol. The Morgan fingerprint density at radius 2 is 2.44 bits per heavy atom. The van der Waals surface area contributed by atoms with E-state index in [4.69, 9.17) is 5.11 Å². The Morgan fingerprint density at radius 3 is 2.94 bits per heavy atom. The number of thiophene rings is 1. The lowest BCUT2D eigenvalue weighted by atomic mass is 9.99. The molecule has 3 nitrogen and oxygen atoms in total. The highest BCUT2D eigenvalue weighted by Crippen LogP contribution is 2.29. The lowest BCUT2D eigenvalue weighted by Crippen LogP contribution is -2.22. The van der Waals surface area contributed by atoms with Crippen molar-refractivity contribution >= 4 is 33.2 Å². The Balaban J connectivity index is 1.99. The van der Waals surface area contributed by atoms with Crippen LogP contribution in [0.4, 0.5) is 0 Å². The molecule has 1 N–H and O–H groups in total. The molecule has 0 unspecified atom stereocenters. The average molecular weight is 304 g/mol. The number of aliphatic carboxylic acids is 1. The summed E-state index contributed by atoms with van der Waals surface area (Å²) in [5, 5.41) is 11.1. The maximum atomic E-state index is 11.0. The number of nitrogens with zero attached hydrogens (tertiary/aromatic N) is 1. The second kappa shape index (κ2) is 4.85. The summed E-state index contributed by atoms with van der Waals surface area (Å²) in [4.78, 5) is 14.5. The van der Waals surface area contributed by atoms with Crippen molar-refractivity contribution in [1.29, 1.82) is 0 Å². The minimum Gasteiger partial charge on any atom is -0.481 e. The van der Waals surface area contributed by atoms with Gasteiger partial charge in [-0.2, -0.15) is 0 Å². The van der Waals surface area contributed by atoms with E-state index in [1.807, 2.05) is 18.4 Å². The van der Waals surface area contributed by atoms with Crippen LogP contribution in [0, 0.1) is 11.8 Å². The topological polar surface area (TPSA) is 40.5 Å². The van der Waals surface area contributed by atoms with Crippen molar-refractivity contribution in [3.05, 3.63) is 20.8 Å². The second-order valence-electron chi connectivity index (χ2n) is 4.31. The summed E-state index contributed by atoms with van der Waals surface area (Å²) in [6, 6.07) is 2.04. The highest BCUT2D eigenvalue weighted by Gasteiger charge is 2.34. The van der Waals surface area contributed by atoms with E-state index in [-0.39, 0.29) is 11.8 Å². The highest BCUT2D eigenvalue weighted by molar-refractivity contribution is 9.10. The van der Waals surface area contributed by atoms with Crippen molar-refractivity contribution in [2.24, 2.45) is 11.8 Å². The van der Waals surface area contributed by atoms with Crippen LogP contribution in [0.2, 0.25) is 0 Å². The summed E-state index contributed by atoms with van der Waals surface area (Å²) in [5.41, 5.74) is 0. The molecule has 1 aliphatic rings. The number of carboxylic acid groups (broad SMARTS) is 1. The van der Waals surface area contributed by atoms with E-state index in [1.165, 1.54) is 4.88 Å². The lowest BCUT2D eigenvalue weighted by Gasteiger charge is -2.14. The van der Waals surface area contributed by atoms with Crippen LogP contribution in [0.25, 0.3) is 0 Å². The van der Waals surface area contributed by atoms with Gasteiger partial charge in [-0.25, -0.2) is 0 Å². The van der Waals surface area contributed by atoms with Gasteiger partial charge in [0.25, 0.3) is 0 Å². The second-order valence-corrected chi connectivity index (χ2v) is 6.16. The third-order valence-electron chi connectivity index (χ3n) is 3.06. The number of halogens is 1. The van der Waals surface area contributed by atoms with E-state index in [2.05, 4.69) is 20.8 Å². The molecule has 1 fully saturated rings. The van der Waals surface area contributed by atoms with Crippen LogP contribution in [0.5, 0.6) is 0 Å². The van der Waals surface area contributed by atoms with Crippen LogP contribution in [0.1, 0.15) is 11.8 Å². The van der Waals surface area contributed by atoms with Crippen molar-refractivity contribution in [3.8, 4) is 0 Å². The quantitative estimate of drug-likeness (QED) is 0.933. The Bertz CT molecular complexity index is 393. The van der Waals surface area contributed by atoms with Gasteiger partial charge in [0, 0.05) is 29.0 Å². The largest absolute Gasteiger partial charge is 0.481 e. The highest BCUT2D eigenvalue weighted by atomic mass is 79.9. The number of hydrogen-bond acceptors (Lipinski definition) is 3. The molecule has 1 saturated heterocycles. The van der Waals surface area contributed by atoms with Gasteiger partial charge in [-0.1, -0.05) is 6.92 Å². The van der Waals surface area contributed by atoms with E-state index >= 15 is 0 Å². The summed E-state index contributed by atoms with van der Waals surface area (Å²) in [6.45, 7) is 4.41. The molecule has 0 bridgehead atoms. The van der Waals surface area contributed by atoms with Crippen LogP contribution >= 0.6 is 27.3 Å². The summed E-state index contributed by atoms with van der Waals surface area (Å²) in [5.74, 6) is -0.629. The fourth-order valence-corrected chi connectivity index (χ4v) is 3.68. The van der Waals surface area contributed by atoms with Gasteiger partial charge in [0.1, 0.15) is 0 Å². The molecule has 2 rings (SSSR count). The fraction of sp³-hybridized carbons (Fsp3) is 0.545. The fourth-order valence-electron chi connectivity index (χ4n) is 2.16. The zero-order valence-electron chi connectivity index (χ0n) is 9.02. The molecule has 5 heteroatoms. The molecule has 0 aliphatic carbocycles. The molecule has 1 aromatic rings. The number of carbonyl (C=O) groups is 1. The molecule has 0 amide bonds. The summed E-state index contributed by atoms with van der Waals surface area (Å²) < 4.78 is 1.13. The summed E-state index contributed by atoms with van der Waals surface area (Å²) in [7, 11) is 0. The molecule has 2 heterocycles. The lowest BCUT2D eigenvalue weighted by molar-refractivity contribution is -0.142. The van der Waals surface area contributed by atoms with Gasteiger partial charge < -0.3 is 5.11 Å². The number of likely N-dealkylation sites (tertiary alicyclic amines) is 1. The van der Waals surface area contributed by atoms with Crippen molar-refractivity contribution in [2.75, 3.05) is 13.1 Å². The van der Waals surface area contributed by atoms with Gasteiger partial charge in [0.05, 0.1) is 5.92 Å². The Labute approximate surface area is 107 Å². The third-order valence-corrected chi connectivity index (χ3v) is 4.97. The van der Waals surface area contributed by atoms with Crippen LogP contribution in [-0.2, 0) is 11.3 Å². The van der Waals surface area contributed by atoms with Gasteiger partial charge in [0.2, 0.25) is 0 Å². The number of rotatable bonds is 3. The Morgan fingerprint density at radius 1 is 1.69 bits per heavy atom. The van der Waals surface area contributed by atoms with E-state index in [0.717, 1.165) is 17.6 Å². The SMILES string of the molecule is C[C@@H]1CN(Cc2sccc2Br)C[C@H]1C(=O)O. The Hall–Kier alpha value is -0.390. The minimum atomic E-state index is -0.666. The van der Waals surface area contributed by atoms with E-state index in [9.17, 15) is 4.79 Å². The molecule has 1 aliphatic heterocycles. The maximum Gasteiger partial charge on any atom is 0.308 e. The molecular formula is C11H14BrNO2S. The first-order chi connectivity index (χ1) is 7.58. The van der Waals surface area contributed by atoms with E-state index in [0.29, 0.717) is 6.54 Å². The zero-order chi connectivity index (χ0) is 11.7. The van der Waals surface area contributed by atoms with Crippen molar-refractivity contribution < 1.29 is 9.90 Å². The predicted molar refractivity (Wildman–Crippen MR) is 67.6 cm³/mol. The molecule has 0 spiro atoms. The summed E-state index contributed by atoms with van der Waals surface area (Å²) >= 11 is 5.21. The normalized spacial score (nSPS) is 26.1. The Kier molecular flexibility index (Phi) is 3.66. The standard InChI is InChI=1S/C11H14BrNO2S/c1-7-4-13(5-8(7)11(14)15)6-10-9(12)2-3-16-10/h2-3,7-8H,4-6H2,1H3,(H,14,15)/t7-,8-/m1/s1. The maximum absolute atomic E-state index is 11.0. The molecule has 0 saturated carbocycles. The zero-order valence-corrected chi connectivity index (χ0v) is 11.4. The smallest absolute Gasteiger partial charge is 0.308 e. The minimum absolute atomic E-state index is 0.210. The molecular weight excluding hydrogens is 290 g/mol. The molecule has 0 aromatic carbocycles. The van der Waals surface area contributed by atoms with E-state index in [1.54, 1.807) is 11.3 Å². The first kappa shape index (κ1) is 12.1. The molecule has 0 radical (unpaired) electrons. The van der Waals surface area contributed by atoms with Crippen LogP contribution in [-0.4, -0.2) is 29.1 Å². The van der Waals surface area contributed by atoms with Gasteiger partial charge in [-0.15, -0.1) is 11.3 Å². The number of carboxylic acids is 1. The van der Waals surface area contributed by atoms with Crippen LogP contribution < -0.4 is 0 Å². The van der Waals surface area contributed by atoms with Gasteiger partial charge in [0.15, 0.2) is 0 Å².